The third-order valence-electron chi connectivity index (χ3n) is 6.43. The molecule has 1 amide bonds. The number of carbonyl (C=O) groups excluding carboxylic acids is 1. The molecule has 2 aliphatic rings. The van der Waals surface area contributed by atoms with Crippen LogP contribution in [0.1, 0.15) is 48.0 Å². The minimum Gasteiger partial charge on any atom is -0.340 e. The van der Waals surface area contributed by atoms with Crippen LogP contribution in [0.15, 0.2) is 47.5 Å². The van der Waals surface area contributed by atoms with Crippen LogP contribution >= 0.6 is 0 Å². The number of nitrogens with zero attached hydrogens (tertiary/aromatic N) is 3. The van der Waals surface area contributed by atoms with Gasteiger partial charge in [-0.1, -0.05) is 25.3 Å². The Morgan fingerprint density at radius 1 is 0.969 bits per heavy atom. The van der Waals surface area contributed by atoms with Crippen LogP contribution in [0.4, 0.5) is 14.5 Å². The van der Waals surface area contributed by atoms with Crippen molar-refractivity contribution in [3.63, 3.8) is 0 Å². The number of benzene rings is 2. The Morgan fingerprint density at radius 3 is 2.31 bits per heavy atom. The van der Waals surface area contributed by atoms with Crippen molar-refractivity contribution in [3.8, 4) is 0 Å². The number of carbonyl (C=O) groups is 1. The number of amides is 1. The first-order valence-electron chi connectivity index (χ1n) is 11.4. The quantitative estimate of drug-likeness (QED) is 0.559. The Balaban J connectivity index is 1.50. The molecule has 0 spiro atoms. The number of halogens is 2. The highest BCUT2D eigenvalue weighted by molar-refractivity contribution is 6.06. The van der Waals surface area contributed by atoms with Crippen LogP contribution in [0.5, 0.6) is 0 Å². The number of hydrogen-bond acceptors (Lipinski definition) is 3. The zero-order chi connectivity index (χ0) is 22.5. The number of guanidine groups is 1. The molecule has 2 fully saturated rings. The van der Waals surface area contributed by atoms with E-state index in [1.807, 2.05) is 4.90 Å². The highest BCUT2D eigenvalue weighted by Crippen LogP contribution is 2.24. The second-order valence-corrected chi connectivity index (χ2v) is 8.64. The van der Waals surface area contributed by atoms with Gasteiger partial charge < -0.3 is 4.90 Å². The average molecular weight is 441 g/mol. The Labute approximate surface area is 188 Å². The van der Waals surface area contributed by atoms with Gasteiger partial charge >= 0.3 is 0 Å². The van der Waals surface area contributed by atoms with Crippen LogP contribution in [0, 0.1) is 18.6 Å². The largest absolute Gasteiger partial charge is 0.340 e. The Morgan fingerprint density at radius 2 is 1.66 bits per heavy atom. The topological polar surface area (TPSA) is 47.9 Å². The Hall–Kier alpha value is -2.80. The van der Waals surface area contributed by atoms with Gasteiger partial charge in [-0.05, 0) is 61.7 Å². The Kier molecular flexibility index (Phi) is 7.15. The first-order valence-corrected chi connectivity index (χ1v) is 11.4. The van der Waals surface area contributed by atoms with Gasteiger partial charge in [0.25, 0.3) is 5.91 Å². The highest BCUT2D eigenvalue weighted by Gasteiger charge is 2.27. The van der Waals surface area contributed by atoms with Crippen molar-refractivity contribution >= 4 is 17.6 Å². The van der Waals surface area contributed by atoms with Gasteiger partial charge in [0.1, 0.15) is 11.6 Å². The van der Waals surface area contributed by atoms with E-state index >= 15 is 0 Å². The Bertz CT molecular complexity index is 962. The number of aryl methyl sites for hydroxylation is 1. The van der Waals surface area contributed by atoms with E-state index in [0.717, 1.165) is 26.2 Å². The van der Waals surface area contributed by atoms with Crippen LogP contribution in [0.3, 0.4) is 0 Å². The molecule has 1 aliphatic carbocycles. The van der Waals surface area contributed by atoms with E-state index in [2.05, 4.69) is 15.2 Å². The SMILES string of the molecule is Cc1ccc(C(=O)NC(=Nc2ccc(F)cc2)N2CCN(C3CCCCC3)CC2)cc1F. The van der Waals surface area contributed by atoms with Crippen molar-refractivity contribution in [2.75, 3.05) is 26.2 Å². The zero-order valence-corrected chi connectivity index (χ0v) is 18.5. The average Bonchev–Trinajstić information content (AvgIpc) is 2.82. The lowest BCUT2D eigenvalue weighted by molar-refractivity contribution is 0.0943. The summed E-state index contributed by atoms with van der Waals surface area (Å²) in [4.78, 5) is 22.1. The maximum absolute atomic E-state index is 14.0. The van der Waals surface area contributed by atoms with E-state index in [1.54, 1.807) is 31.2 Å². The lowest BCUT2D eigenvalue weighted by Gasteiger charge is -2.41. The number of rotatable bonds is 3. The van der Waals surface area contributed by atoms with E-state index in [1.165, 1.54) is 50.3 Å². The summed E-state index contributed by atoms with van der Waals surface area (Å²) in [5.41, 5.74) is 1.27. The summed E-state index contributed by atoms with van der Waals surface area (Å²) < 4.78 is 27.3. The molecule has 32 heavy (non-hydrogen) atoms. The minimum atomic E-state index is -0.421. The van der Waals surface area contributed by atoms with Crippen molar-refractivity contribution in [2.24, 2.45) is 4.99 Å². The molecule has 2 aromatic carbocycles. The third kappa shape index (κ3) is 5.51. The molecule has 0 unspecified atom stereocenters. The van der Waals surface area contributed by atoms with Crippen LogP contribution in [-0.4, -0.2) is 53.9 Å². The van der Waals surface area contributed by atoms with E-state index in [-0.39, 0.29) is 11.4 Å². The van der Waals surface area contributed by atoms with Gasteiger partial charge in [-0.2, -0.15) is 0 Å². The normalized spacial score (nSPS) is 18.6. The van der Waals surface area contributed by atoms with Gasteiger partial charge in [0.2, 0.25) is 5.96 Å². The van der Waals surface area contributed by atoms with Crippen molar-refractivity contribution in [1.29, 1.82) is 0 Å². The molecule has 1 saturated carbocycles. The van der Waals surface area contributed by atoms with Crippen molar-refractivity contribution in [2.45, 2.75) is 45.1 Å². The first-order chi connectivity index (χ1) is 15.5. The standard InChI is InChI=1S/C25H30F2N4O/c1-18-7-8-19(17-23(18)27)24(32)29-25(28-21-11-9-20(26)10-12-21)31-15-13-30(14-16-31)22-5-3-2-4-6-22/h7-12,17,22H,2-6,13-16H2,1H3,(H,28,29,32). The van der Waals surface area contributed by atoms with E-state index < -0.39 is 11.7 Å². The maximum atomic E-state index is 14.0. The lowest BCUT2D eigenvalue weighted by atomic mass is 9.94. The predicted molar refractivity (Wildman–Crippen MR) is 122 cm³/mol. The van der Waals surface area contributed by atoms with Gasteiger partial charge in [-0.15, -0.1) is 0 Å². The molecular weight excluding hydrogens is 410 g/mol. The van der Waals surface area contributed by atoms with Gasteiger partial charge in [-0.25, -0.2) is 13.8 Å². The van der Waals surface area contributed by atoms with Gasteiger partial charge in [0.05, 0.1) is 5.69 Å². The summed E-state index contributed by atoms with van der Waals surface area (Å²) in [5.74, 6) is -0.771. The smallest absolute Gasteiger partial charge is 0.258 e. The van der Waals surface area contributed by atoms with E-state index in [4.69, 9.17) is 0 Å². The summed E-state index contributed by atoms with van der Waals surface area (Å²) >= 11 is 0. The molecule has 0 atom stereocenters. The molecule has 0 radical (unpaired) electrons. The summed E-state index contributed by atoms with van der Waals surface area (Å²) in [6.07, 6.45) is 6.44. The maximum Gasteiger partial charge on any atom is 0.258 e. The lowest BCUT2D eigenvalue weighted by Crippen LogP contribution is -2.55. The molecule has 5 nitrogen and oxygen atoms in total. The van der Waals surface area contributed by atoms with Crippen molar-refractivity contribution in [3.05, 3.63) is 65.2 Å². The number of piperazine rings is 1. The summed E-state index contributed by atoms with van der Waals surface area (Å²) in [5, 5.41) is 2.87. The molecule has 1 saturated heterocycles. The minimum absolute atomic E-state index is 0.237. The number of hydrogen-bond donors (Lipinski definition) is 1. The number of aliphatic imine (C=N–C) groups is 1. The number of nitrogens with one attached hydrogen (secondary N) is 1. The molecule has 0 aromatic heterocycles. The van der Waals surface area contributed by atoms with Crippen LogP contribution in [0.25, 0.3) is 0 Å². The fraction of sp³-hybridized carbons (Fsp3) is 0.440. The molecule has 1 N–H and O–H groups in total. The molecule has 1 aliphatic heterocycles. The fourth-order valence-corrected chi connectivity index (χ4v) is 4.47. The monoisotopic (exact) mass is 440 g/mol. The predicted octanol–water partition coefficient (Wildman–Crippen LogP) is 4.64. The van der Waals surface area contributed by atoms with Crippen molar-refractivity contribution in [1.82, 2.24) is 15.1 Å². The molecule has 4 rings (SSSR count). The molecule has 7 heteroatoms. The zero-order valence-electron chi connectivity index (χ0n) is 18.5. The molecule has 0 bridgehead atoms. The summed E-state index contributed by atoms with van der Waals surface area (Å²) in [6, 6.07) is 10.9. The molecule has 170 valence electrons. The highest BCUT2D eigenvalue weighted by atomic mass is 19.1. The summed E-state index contributed by atoms with van der Waals surface area (Å²) in [6.45, 7) is 4.94. The molecular formula is C25H30F2N4O. The van der Waals surface area contributed by atoms with Gasteiger partial charge in [-0.3, -0.25) is 15.0 Å². The second-order valence-electron chi connectivity index (χ2n) is 8.64. The summed E-state index contributed by atoms with van der Waals surface area (Å²) in [7, 11) is 0. The fourth-order valence-electron chi connectivity index (χ4n) is 4.47. The van der Waals surface area contributed by atoms with Crippen molar-refractivity contribution < 1.29 is 13.6 Å². The first kappa shape index (κ1) is 22.4. The molecule has 1 heterocycles. The van der Waals surface area contributed by atoms with Crippen LogP contribution in [-0.2, 0) is 0 Å². The van der Waals surface area contributed by atoms with E-state index in [0.29, 0.717) is 23.3 Å². The van der Waals surface area contributed by atoms with Gasteiger partial charge in [0.15, 0.2) is 0 Å². The van der Waals surface area contributed by atoms with Crippen LogP contribution in [0.2, 0.25) is 0 Å². The van der Waals surface area contributed by atoms with Crippen LogP contribution < -0.4 is 5.32 Å². The second kappa shape index (κ2) is 10.2. The third-order valence-corrected chi connectivity index (χ3v) is 6.43. The van der Waals surface area contributed by atoms with E-state index in [9.17, 15) is 13.6 Å². The van der Waals surface area contributed by atoms with Gasteiger partial charge in [0, 0.05) is 37.8 Å². The molecule has 2 aromatic rings.